The average Bonchev–Trinajstić information content (AvgIpc) is 2.39. The Hall–Kier alpha value is -0.870. The molecule has 2 unspecified atom stereocenters. The number of aryl methyl sites for hydroxylation is 1. The molecule has 0 aliphatic carbocycles. The highest BCUT2D eigenvalue weighted by molar-refractivity contribution is 7.85. The van der Waals surface area contributed by atoms with Gasteiger partial charge in [0.2, 0.25) is 0 Å². The summed E-state index contributed by atoms with van der Waals surface area (Å²) in [7, 11) is 0.788. The molecule has 0 fully saturated rings. The summed E-state index contributed by atoms with van der Waals surface area (Å²) in [5.74, 6) is 2.03. The second-order valence-electron chi connectivity index (χ2n) is 4.87. The molecular weight excluding hydrogens is 258 g/mol. The van der Waals surface area contributed by atoms with E-state index < -0.39 is 10.8 Å². The van der Waals surface area contributed by atoms with Crippen LogP contribution >= 0.6 is 0 Å². The number of unbranched alkanes of at least 4 members (excludes halogenated alkanes) is 2. The zero-order valence-corrected chi connectivity index (χ0v) is 13.0. The van der Waals surface area contributed by atoms with Crippen LogP contribution in [0, 0.1) is 6.92 Å². The van der Waals surface area contributed by atoms with Crippen LogP contribution in [0.25, 0.3) is 0 Å². The van der Waals surface area contributed by atoms with Crippen LogP contribution in [0.15, 0.2) is 18.2 Å². The molecular formula is C15H25NO2S. The molecule has 3 nitrogen and oxygen atoms in total. The molecule has 2 atom stereocenters. The molecule has 0 aliphatic rings. The van der Waals surface area contributed by atoms with Crippen molar-refractivity contribution in [3.8, 4) is 5.75 Å². The summed E-state index contributed by atoms with van der Waals surface area (Å²) in [6.45, 7) is 4.17. The zero-order chi connectivity index (χ0) is 14.3. The summed E-state index contributed by atoms with van der Waals surface area (Å²) in [6.07, 6.45) is 3.30. The van der Waals surface area contributed by atoms with Crippen molar-refractivity contribution in [1.29, 1.82) is 0 Å². The Morgan fingerprint density at radius 2 is 2.11 bits per heavy atom. The van der Waals surface area contributed by atoms with Gasteiger partial charge in [0.1, 0.15) is 5.75 Å². The Balaban J connectivity index is 2.64. The Morgan fingerprint density at radius 3 is 2.74 bits per heavy atom. The van der Waals surface area contributed by atoms with Crippen molar-refractivity contribution in [2.45, 2.75) is 39.2 Å². The van der Waals surface area contributed by atoms with E-state index in [-0.39, 0.29) is 6.04 Å². The lowest BCUT2D eigenvalue weighted by Crippen LogP contribution is -2.20. The maximum Gasteiger partial charge on any atom is 0.123 e. The molecule has 0 saturated heterocycles. The first kappa shape index (κ1) is 16.2. The molecule has 19 heavy (non-hydrogen) atoms. The molecule has 0 heterocycles. The van der Waals surface area contributed by atoms with E-state index >= 15 is 0 Å². The number of benzene rings is 1. The molecule has 1 rings (SSSR count). The minimum atomic E-state index is -0.850. The van der Waals surface area contributed by atoms with Crippen molar-refractivity contribution in [1.82, 2.24) is 0 Å². The zero-order valence-electron chi connectivity index (χ0n) is 12.1. The van der Waals surface area contributed by atoms with E-state index in [1.54, 1.807) is 7.11 Å². The number of hydrogen-bond acceptors (Lipinski definition) is 3. The van der Waals surface area contributed by atoms with E-state index in [1.165, 1.54) is 0 Å². The average molecular weight is 283 g/mol. The molecule has 1 aromatic carbocycles. The minimum Gasteiger partial charge on any atom is -0.496 e. The first-order valence-corrected chi connectivity index (χ1v) is 8.32. The Labute approximate surface area is 119 Å². The van der Waals surface area contributed by atoms with Gasteiger partial charge in [0.05, 0.1) is 7.11 Å². The van der Waals surface area contributed by atoms with E-state index in [9.17, 15) is 4.21 Å². The van der Waals surface area contributed by atoms with Crippen LogP contribution in [0.1, 0.15) is 43.4 Å². The van der Waals surface area contributed by atoms with Crippen molar-refractivity contribution in [3.05, 3.63) is 29.3 Å². The summed E-state index contributed by atoms with van der Waals surface area (Å²) < 4.78 is 17.3. The van der Waals surface area contributed by atoms with Crippen LogP contribution in [0.2, 0.25) is 0 Å². The highest BCUT2D eigenvalue weighted by Crippen LogP contribution is 2.25. The number of ether oxygens (including phenoxy) is 1. The molecule has 0 amide bonds. The van der Waals surface area contributed by atoms with Gasteiger partial charge in [-0.05, 0) is 19.4 Å². The van der Waals surface area contributed by atoms with Gasteiger partial charge in [-0.25, -0.2) is 0 Å². The van der Waals surface area contributed by atoms with Crippen LogP contribution < -0.4 is 10.5 Å². The third-order valence-corrected chi connectivity index (χ3v) is 4.60. The van der Waals surface area contributed by atoms with Crippen LogP contribution in [0.4, 0.5) is 0 Å². The van der Waals surface area contributed by atoms with Crippen molar-refractivity contribution in [2.75, 3.05) is 18.6 Å². The van der Waals surface area contributed by atoms with Gasteiger partial charge >= 0.3 is 0 Å². The van der Waals surface area contributed by atoms with Crippen molar-refractivity contribution in [3.63, 3.8) is 0 Å². The summed E-state index contributed by atoms with van der Waals surface area (Å²) in [4.78, 5) is 0. The predicted octanol–water partition coefficient (Wildman–Crippen LogP) is 2.94. The number of hydrogen-bond donors (Lipinski definition) is 1. The van der Waals surface area contributed by atoms with E-state index in [2.05, 4.69) is 6.92 Å². The van der Waals surface area contributed by atoms with Crippen LogP contribution in [0.3, 0.4) is 0 Å². The molecule has 4 heteroatoms. The number of nitrogens with two attached hydrogens (primary N) is 1. The maximum atomic E-state index is 12.0. The first-order valence-electron chi connectivity index (χ1n) is 6.83. The lowest BCUT2D eigenvalue weighted by atomic mass is 10.1. The molecule has 0 radical (unpaired) electrons. The third-order valence-electron chi connectivity index (χ3n) is 3.13. The molecule has 108 valence electrons. The second-order valence-corrected chi connectivity index (χ2v) is 6.49. The van der Waals surface area contributed by atoms with Gasteiger partial charge in [-0.3, -0.25) is 4.21 Å². The predicted molar refractivity (Wildman–Crippen MR) is 82.1 cm³/mol. The molecule has 0 spiro atoms. The standard InChI is InChI=1S/C15H25NO2S/c1-4-5-6-9-19(17)11-14(16)13-10-12(2)7-8-15(13)18-3/h7-8,10,14H,4-6,9,11,16H2,1-3H3. The van der Waals surface area contributed by atoms with Gasteiger partial charge in [0, 0.05) is 33.9 Å². The fourth-order valence-corrected chi connectivity index (χ4v) is 3.30. The molecule has 0 aliphatic heterocycles. The summed E-state index contributed by atoms with van der Waals surface area (Å²) in [5, 5.41) is 0. The van der Waals surface area contributed by atoms with Gasteiger partial charge in [-0.1, -0.05) is 37.5 Å². The molecule has 0 aromatic heterocycles. The lowest BCUT2D eigenvalue weighted by molar-refractivity contribution is 0.407. The van der Waals surface area contributed by atoms with E-state index in [0.29, 0.717) is 5.75 Å². The Morgan fingerprint density at radius 1 is 1.37 bits per heavy atom. The summed E-state index contributed by atoms with van der Waals surface area (Å²) in [6, 6.07) is 5.71. The molecule has 0 saturated carbocycles. The van der Waals surface area contributed by atoms with Crippen molar-refractivity contribution < 1.29 is 8.95 Å². The quantitative estimate of drug-likeness (QED) is 0.746. The summed E-state index contributed by atoms with van der Waals surface area (Å²) >= 11 is 0. The molecule has 0 bridgehead atoms. The van der Waals surface area contributed by atoms with Crippen LogP contribution in [-0.4, -0.2) is 22.8 Å². The molecule has 2 N–H and O–H groups in total. The Kier molecular flexibility index (Phi) is 7.10. The highest BCUT2D eigenvalue weighted by Gasteiger charge is 2.15. The van der Waals surface area contributed by atoms with Crippen LogP contribution in [0.5, 0.6) is 5.75 Å². The van der Waals surface area contributed by atoms with Gasteiger partial charge < -0.3 is 10.5 Å². The largest absolute Gasteiger partial charge is 0.496 e. The van der Waals surface area contributed by atoms with Crippen molar-refractivity contribution in [2.24, 2.45) is 5.73 Å². The highest BCUT2D eigenvalue weighted by atomic mass is 32.2. The number of rotatable bonds is 8. The second kappa shape index (κ2) is 8.33. The Bertz CT molecular complexity index is 421. The lowest BCUT2D eigenvalue weighted by Gasteiger charge is -2.16. The normalized spacial score (nSPS) is 14.1. The van der Waals surface area contributed by atoms with Gasteiger partial charge in [-0.2, -0.15) is 0 Å². The fourth-order valence-electron chi connectivity index (χ4n) is 2.03. The fraction of sp³-hybridized carbons (Fsp3) is 0.600. The maximum absolute atomic E-state index is 12.0. The van der Waals surface area contributed by atoms with E-state index in [1.807, 2.05) is 25.1 Å². The SMILES string of the molecule is CCCCCS(=O)CC(N)c1cc(C)ccc1OC. The van der Waals surface area contributed by atoms with Gasteiger partial charge in [0.25, 0.3) is 0 Å². The third kappa shape index (κ3) is 5.33. The molecule has 1 aromatic rings. The minimum absolute atomic E-state index is 0.225. The van der Waals surface area contributed by atoms with Crippen LogP contribution in [-0.2, 0) is 10.8 Å². The van der Waals surface area contributed by atoms with E-state index in [4.69, 9.17) is 10.5 Å². The number of methoxy groups -OCH3 is 1. The topological polar surface area (TPSA) is 52.3 Å². The van der Waals surface area contributed by atoms with Gasteiger partial charge in [0.15, 0.2) is 0 Å². The van der Waals surface area contributed by atoms with E-state index in [0.717, 1.165) is 41.9 Å². The smallest absolute Gasteiger partial charge is 0.123 e. The van der Waals surface area contributed by atoms with Crippen molar-refractivity contribution >= 4 is 10.8 Å². The van der Waals surface area contributed by atoms with Gasteiger partial charge in [-0.15, -0.1) is 0 Å². The summed E-state index contributed by atoms with van der Waals surface area (Å²) in [5.41, 5.74) is 8.26. The first-order chi connectivity index (χ1) is 9.08. The monoisotopic (exact) mass is 283 g/mol.